The molecule has 0 spiro atoms. The second kappa shape index (κ2) is 7.00. The zero-order chi connectivity index (χ0) is 20.1. The van der Waals surface area contributed by atoms with Crippen LogP contribution in [0.5, 0.6) is 0 Å². The van der Waals surface area contributed by atoms with Crippen molar-refractivity contribution >= 4 is 33.8 Å². The van der Waals surface area contributed by atoms with Crippen LogP contribution in [0.3, 0.4) is 0 Å². The zero-order valence-corrected chi connectivity index (χ0v) is 17.3. The number of hydrogen-bond acceptors (Lipinski definition) is 2. The van der Waals surface area contributed by atoms with Crippen LogP contribution in [0.15, 0.2) is 90.0 Å². The van der Waals surface area contributed by atoms with Crippen LogP contribution in [0.4, 0.5) is 5.69 Å². The molecule has 1 atom stereocenters. The first-order valence-electron chi connectivity index (χ1n) is 10.5. The minimum absolute atomic E-state index is 0.155. The Morgan fingerprint density at radius 2 is 1.53 bits per heavy atom. The first-order valence-corrected chi connectivity index (χ1v) is 10.9. The van der Waals surface area contributed by atoms with Gasteiger partial charge in [0.1, 0.15) is 0 Å². The van der Waals surface area contributed by atoms with E-state index in [9.17, 15) is 0 Å². The summed E-state index contributed by atoms with van der Waals surface area (Å²) in [7, 11) is 0. The third-order valence-corrected chi connectivity index (χ3v) is 6.63. The van der Waals surface area contributed by atoms with Gasteiger partial charge in [-0.1, -0.05) is 72.3 Å². The Labute approximate surface area is 181 Å². The standard InChI is InChI=1S/C27H21ClN2/c28-21-14-11-18(12-15-21)26-17-25(29-30(26)22-6-2-1-3-7-22)23-16-13-20-10-9-19-5-4-8-24(23)27(19)20/h1-8,11-16,26H,9-10,17H2/t26-/m0/s1. The lowest BCUT2D eigenvalue weighted by Gasteiger charge is -2.24. The van der Waals surface area contributed by atoms with Crippen molar-refractivity contribution in [2.45, 2.75) is 25.3 Å². The van der Waals surface area contributed by atoms with Gasteiger partial charge in [0, 0.05) is 17.0 Å². The first-order chi connectivity index (χ1) is 14.8. The molecule has 0 bridgehead atoms. The molecule has 4 aromatic carbocycles. The number of halogens is 1. The molecule has 4 aromatic rings. The minimum Gasteiger partial charge on any atom is -0.257 e. The van der Waals surface area contributed by atoms with Gasteiger partial charge in [-0.05, 0) is 64.6 Å². The molecule has 0 N–H and O–H groups in total. The number of anilines is 1. The highest BCUT2D eigenvalue weighted by atomic mass is 35.5. The average Bonchev–Trinajstić information content (AvgIpc) is 3.42. The number of hydrazone groups is 1. The van der Waals surface area contributed by atoms with Crippen molar-refractivity contribution in [1.82, 2.24) is 0 Å². The van der Waals surface area contributed by atoms with Gasteiger partial charge in [-0.3, -0.25) is 5.01 Å². The Morgan fingerprint density at radius 1 is 0.767 bits per heavy atom. The highest BCUT2D eigenvalue weighted by molar-refractivity contribution is 6.30. The molecular formula is C27H21ClN2. The van der Waals surface area contributed by atoms with Crippen molar-refractivity contribution in [1.29, 1.82) is 0 Å². The molecule has 2 nitrogen and oxygen atoms in total. The summed E-state index contributed by atoms with van der Waals surface area (Å²) in [6.45, 7) is 0. The number of nitrogens with zero attached hydrogens (tertiary/aromatic N) is 2. The summed E-state index contributed by atoms with van der Waals surface area (Å²) in [5.74, 6) is 0. The maximum absolute atomic E-state index is 6.15. The van der Waals surface area contributed by atoms with E-state index >= 15 is 0 Å². The van der Waals surface area contributed by atoms with Gasteiger partial charge in [-0.25, -0.2) is 0 Å². The summed E-state index contributed by atoms with van der Waals surface area (Å²) < 4.78 is 0. The van der Waals surface area contributed by atoms with Gasteiger partial charge in [0.2, 0.25) is 0 Å². The Bertz CT molecular complexity index is 1270. The topological polar surface area (TPSA) is 15.6 Å². The van der Waals surface area contributed by atoms with Gasteiger partial charge in [0.15, 0.2) is 0 Å². The van der Waals surface area contributed by atoms with Crippen molar-refractivity contribution in [2.24, 2.45) is 5.10 Å². The van der Waals surface area contributed by atoms with Gasteiger partial charge < -0.3 is 0 Å². The largest absolute Gasteiger partial charge is 0.257 e. The Hall–Kier alpha value is -3.10. The third kappa shape index (κ3) is 2.83. The molecule has 0 amide bonds. The molecule has 0 aromatic heterocycles. The smallest absolute Gasteiger partial charge is 0.0831 e. The quantitative estimate of drug-likeness (QED) is 0.358. The van der Waals surface area contributed by atoms with Crippen molar-refractivity contribution in [3.05, 3.63) is 112 Å². The number of benzene rings is 4. The van der Waals surface area contributed by atoms with Crippen LogP contribution < -0.4 is 5.01 Å². The summed E-state index contributed by atoms with van der Waals surface area (Å²) >= 11 is 6.15. The van der Waals surface area contributed by atoms with Crippen LogP contribution in [-0.2, 0) is 12.8 Å². The molecule has 0 radical (unpaired) electrons. The molecule has 3 heteroatoms. The fourth-order valence-corrected chi connectivity index (χ4v) is 5.06. The molecule has 0 saturated heterocycles. The maximum Gasteiger partial charge on any atom is 0.0831 e. The number of rotatable bonds is 3. The molecule has 6 rings (SSSR count). The molecule has 0 unspecified atom stereocenters. The summed E-state index contributed by atoms with van der Waals surface area (Å²) in [6.07, 6.45) is 3.16. The van der Waals surface area contributed by atoms with Crippen LogP contribution in [0.1, 0.15) is 34.7 Å². The fraction of sp³-hybridized carbons (Fsp3) is 0.148. The Balaban J connectivity index is 1.49. The summed E-state index contributed by atoms with van der Waals surface area (Å²) in [5.41, 5.74) is 7.69. The molecule has 0 saturated carbocycles. The molecule has 146 valence electrons. The van der Waals surface area contributed by atoms with Crippen molar-refractivity contribution in [3.63, 3.8) is 0 Å². The highest BCUT2D eigenvalue weighted by Gasteiger charge is 2.31. The van der Waals surface area contributed by atoms with Gasteiger partial charge in [0.05, 0.1) is 17.4 Å². The number of hydrogen-bond donors (Lipinski definition) is 0. The Morgan fingerprint density at radius 3 is 2.33 bits per heavy atom. The van der Waals surface area contributed by atoms with E-state index in [1.807, 2.05) is 18.2 Å². The number of aryl methyl sites for hydroxylation is 2. The van der Waals surface area contributed by atoms with E-state index in [-0.39, 0.29) is 6.04 Å². The second-order valence-corrected chi connectivity index (χ2v) is 8.55. The van der Waals surface area contributed by atoms with Gasteiger partial charge in [0.25, 0.3) is 0 Å². The molecule has 1 aliphatic heterocycles. The van der Waals surface area contributed by atoms with Crippen LogP contribution in [0.25, 0.3) is 10.8 Å². The van der Waals surface area contributed by atoms with Crippen LogP contribution in [0.2, 0.25) is 5.02 Å². The van der Waals surface area contributed by atoms with Gasteiger partial charge in [-0.2, -0.15) is 5.10 Å². The van der Waals surface area contributed by atoms with Crippen molar-refractivity contribution in [2.75, 3.05) is 5.01 Å². The SMILES string of the molecule is Clc1ccc([C@@H]2CC(c3ccc4c5c(cccc35)CC4)=NN2c2ccccc2)cc1. The lowest BCUT2D eigenvalue weighted by Crippen LogP contribution is -2.18. The van der Waals surface area contributed by atoms with Gasteiger partial charge >= 0.3 is 0 Å². The van der Waals surface area contributed by atoms with Crippen molar-refractivity contribution in [3.8, 4) is 0 Å². The Kier molecular flexibility index (Phi) is 4.14. The van der Waals surface area contributed by atoms with E-state index < -0.39 is 0 Å². The molecule has 0 fully saturated rings. The molecular weight excluding hydrogens is 388 g/mol. The normalized spacial score (nSPS) is 17.6. The van der Waals surface area contributed by atoms with E-state index in [0.717, 1.165) is 35.7 Å². The van der Waals surface area contributed by atoms with Crippen LogP contribution in [-0.4, -0.2) is 5.71 Å². The summed E-state index contributed by atoms with van der Waals surface area (Å²) in [5, 5.41) is 10.9. The monoisotopic (exact) mass is 408 g/mol. The van der Waals surface area contributed by atoms with E-state index in [1.165, 1.54) is 33.0 Å². The van der Waals surface area contributed by atoms with Crippen molar-refractivity contribution < 1.29 is 0 Å². The van der Waals surface area contributed by atoms with E-state index in [0.29, 0.717) is 0 Å². The molecule has 2 aliphatic rings. The van der Waals surface area contributed by atoms with Crippen LogP contribution >= 0.6 is 11.6 Å². The van der Waals surface area contributed by atoms with Crippen LogP contribution in [0, 0.1) is 0 Å². The maximum atomic E-state index is 6.15. The van der Waals surface area contributed by atoms with E-state index in [4.69, 9.17) is 16.7 Å². The predicted molar refractivity (Wildman–Crippen MR) is 126 cm³/mol. The minimum atomic E-state index is 0.155. The first kappa shape index (κ1) is 17.7. The fourth-order valence-electron chi connectivity index (χ4n) is 4.93. The molecule has 1 heterocycles. The third-order valence-electron chi connectivity index (χ3n) is 6.37. The summed E-state index contributed by atoms with van der Waals surface area (Å²) in [4.78, 5) is 0. The predicted octanol–water partition coefficient (Wildman–Crippen LogP) is 6.95. The zero-order valence-electron chi connectivity index (χ0n) is 16.6. The van der Waals surface area contributed by atoms with E-state index in [1.54, 1.807) is 0 Å². The molecule has 1 aliphatic carbocycles. The number of para-hydroxylation sites is 1. The molecule has 30 heavy (non-hydrogen) atoms. The highest BCUT2D eigenvalue weighted by Crippen LogP contribution is 2.40. The summed E-state index contributed by atoms with van der Waals surface area (Å²) in [6, 6.07) is 30.1. The lowest BCUT2D eigenvalue weighted by molar-refractivity contribution is 0.709. The average molecular weight is 409 g/mol. The lowest BCUT2D eigenvalue weighted by atomic mass is 9.93. The van der Waals surface area contributed by atoms with Gasteiger partial charge in [-0.15, -0.1) is 0 Å². The van der Waals surface area contributed by atoms with E-state index in [2.05, 4.69) is 71.7 Å². The second-order valence-electron chi connectivity index (χ2n) is 8.11.